The first-order chi connectivity index (χ1) is 8.46. The molecule has 5 N–H and O–H groups in total. The van der Waals surface area contributed by atoms with Gasteiger partial charge in [-0.25, -0.2) is 9.79 Å². The van der Waals surface area contributed by atoms with E-state index in [0.717, 1.165) is 0 Å². The quantitative estimate of drug-likeness (QED) is 0.379. The van der Waals surface area contributed by atoms with Gasteiger partial charge in [0.25, 0.3) is 0 Å². The first kappa shape index (κ1) is 11.5. The summed E-state index contributed by atoms with van der Waals surface area (Å²) in [4.78, 5) is 15.8. The molecule has 0 aromatic rings. The molecule has 1 saturated carbocycles. The van der Waals surface area contributed by atoms with E-state index in [1.807, 2.05) is 6.92 Å². The molecule has 2 bridgehead atoms. The molecular weight excluding hydrogens is 238 g/mol. The number of aliphatic hydroxyl groups excluding tert-OH is 2. The molecule has 0 aromatic heterocycles. The van der Waals surface area contributed by atoms with E-state index in [4.69, 9.17) is 10.5 Å². The monoisotopic (exact) mass is 253 g/mol. The fourth-order valence-corrected chi connectivity index (χ4v) is 3.04. The largest absolute Gasteiger partial charge is 0.457 e. The maximum absolute atomic E-state index is 11.7. The number of aliphatic hydroxyl groups is 2. The Morgan fingerprint density at radius 1 is 1.61 bits per heavy atom. The number of aliphatic imine (C=N–C) groups is 1. The first-order valence-corrected chi connectivity index (χ1v) is 5.85. The van der Waals surface area contributed by atoms with E-state index in [2.05, 4.69) is 10.3 Å². The van der Waals surface area contributed by atoms with Crippen LogP contribution < -0.4 is 11.1 Å². The Morgan fingerprint density at radius 2 is 2.33 bits per heavy atom. The van der Waals surface area contributed by atoms with Gasteiger partial charge < -0.3 is 26.0 Å². The van der Waals surface area contributed by atoms with Crippen molar-refractivity contribution in [3.8, 4) is 0 Å². The second-order valence-corrected chi connectivity index (χ2v) is 5.07. The summed E-state index contributed by atoms with van der Waals surface area (Å²) in [6.07, 6.45) is -1.08. The normalized spacial score (nSPS) is 46.3. The highest BCUT2D eigenvalue weighted by atomic mass is 16.6. The van der Waals surface area contributed by atoms with Crippen molar-refractivity contribution in [3.63, 3.8) is 0 Å². The molecule has 18 heavy (non-hydrogen) atoms. The molecule has 0 amide bonds. The second-order valence-electron chi connectivity index (χ2n) is 5.07. The molecule has 1 spiro atoms. The number of hydrogen-bond acceptors (Lipinski definition) is 7. The number of ether oxygens (including phenoxy) is 1. The summed E-state index contributed by atoms with van der Waals surface area (Å²) in [6, 6.07) is 0. The van der Waals surface area contributed by atoms with Crippen LogP contribution in [0.1, 0.15) is 13.3 Å². The van der Waals surface area contributed by atoms with E-state index >= 15 is 0 Å². The lowest BCUT2D eigenvalue weighted by Crippen LogP contribution is -2.70. The number of carbonyl (C=O) groups excluding carboxylic acids is 1. The molecule has 2 fully saturated rings. The predicted octanol–water partition coefficient (Wildman–Crippen LogP) is -1.79. The third kappa shape index (κ3) is 1.20. The third-order valence-electron chi connectivity index (χ3n) is 3.97. The van der Waals surface area contributed by atoms with Crippen LogP contribution in [0.2, 0.25) is 0 Å². The molecule has 1 saturated heterocycles. The van der Waals surface area contributed by atoms with Crippen LogP contribution in [0.4, 0.5) is 0 Å². The zero-order valence-electron chi connectivity index (χ0n) is 9.83. The van der Waals surface area contributed by atoms with E-state index in [9.17, 15) is 15.0 Å². The van der Waals surface area contributed by atoms with Crippen LogP contribution in [0.3, 0.4) is 0 Å². The van der Waals surface area contributed by atoms with Gasteiger partial charge in [-0.15, -0.1) is 0 Å². The van der Waals surface area contributed by atoms with E-state index < -0.39 is 29.8 Å². The lowest BCUT2D eigenvalue weighted by molar-refractivity contribution is -0.203. The Hall–Kier alpha value is -1.60. The van der Waals surface area contributed by atoms with Crippen molar-refractivity contribution in [2.75, 3.05) is 0 Å². The number of nitrogens with two attached hydrogens (primary N) is 1. The van der Waals surface area contributed by atoms with Gasteiger partial charge in [-0.3, -0.25) is 0 Å². The molecule has 0 aromatic carbocycles. The number of nitrogens with zero attached hydrogens (tertiary/aromatic N) is 1. The van der Waals surface area contributed by atoms with Crippen molar-refractivity contribution in [2.24, 2.45) is 16.6 Å². The van der Waals surface area contributed by atoms with Gasteiger partial charge in [0.2, 0.25) is 0 Å². The molecule has 7 nitrogen and oxygen atoms in total. The van der Waals surface area contributed by atoms with Crippen molar-refractivity contribution in [2.45, 2.75) is 37.2 Å². The van der Waals surface area contributed by atoms with E-state index in [-0.39, 0.29) is 11.9 Å². The first-order valence-electron chi connectivity index (χ1n) is 5.85. The zero-order chi connectivity index (χ0) is 13.1. The predicted molar refractivity (Wildman–Crippen MR) is 61.2 cm³/mol. The molecule has 3 rings (SSSR count). The Morgan fingerprint density at radius 3 is 3.06 bits per heavy atom. The lowest BCUT2D eigenvalue weighted by atomic mass is 9.65. The van der Waals surface area contributed by atoms with Crippen molar-refractivity contribution >= 4 is 11.9 Å². The number of esters is 1. The summed E-state index contributed by atoms with van der Waals surface area (Å²) >= 11 is 0. The maximum atomic E-state index is 11.7. The van der Waals surface area contributed by atoms with Crippen molar-refractivity contribution in [3.05, 3.63) is 11.8 Å². The fraction of sp³-hybridized carbons (Fsp3) is 0.636. The number of guanidine groups is 1. The van der Waals surface area contributed by atoms with Crippen molar-refractivity contribution in [1.29, 1.82) is 0 Å². The fourth-order valence-electron chi connectivity index (χ4n) is 3.04. The highest BCUT2D eigenvalue weighted by molar-refractivity contribution is 5.85. The number of nitrogens with one attached hydrogen (secondary N) is 1. The van der Waals surface area contributed by atoms with Crippen LogP contribution >= 0.6 is 0 Å². The van der Waals surface area contributed by atoms with Gasteiger partial charge in [-0.2, -0.15) is 0 Å². The molecule has 0 radical (unpaired) electrons. The van der Waals surface area contributed by atoms with Crippen LogP contribution in [-0.2, 0) is 9.53 Å². The number of hydrogen-bond donors (Lipinski definition) is 4. The maximum Gasteiger partial charge on any atom is 0.338 e. The van der Waals surface area contributed by atoms with Gasteiger partial charge in [0.05, 0.1) is 0 Å². The molecule has 3 aliphatic rings. The zero-order valence-corrected chi connectivity index (χ0v) is 9.83. The highest BCUT2D eigenvalue weighted by Gasteiger charge is 2.63. The molecule has 7 heteroatoms. The Labute approximate surface area is 103 Å². The van der Waals surface area contributed by atoms with Gasteiger partial charge in [0, 0.05) is 6.20 Å². The highest BCUT2D eigenvalue weighted by Crippen LogP contribution is 2.47. The SMILES string of the molecule is C[C@@H]1CC2=CNC(N)=N[C@]23[C@H](O)C(=O)O[C@H]1[C@H]3O. The molecule has 0 unspecified atom stereocenters. The Bertz CT molecular complexity index is 475. The minimum Gasteiger partial charge on any atom is -0.457 e. The van der Waals surface area contributed by atoms with Crippen LogP contribution in [0.5, 0.6) is 0 Å². The average molecular weight is 253 g/mol. The number of rotatable bonds is 0. The van der Waals surface area contributed by atoms with Crippen LogP contribution in [-0.4, -0.2) is 46.0 Å². The lowest BCUT2D eigenvalue weighted by Gasteiger charge is -2.52. The van der Waals surface area contributed by atoms with Gasteiger partial charge >= 0.3 is 5.97 Å². The van der Waals surface area contributed by atoms with Crippen LogP contribution in [0.15, 0.2) is 16.8 Å². The van der Waals surface area contributed by atoms with Crippen LogP contribution in [0, 0.1) is 5.92 Å². The molecule has 5 atom stereocenters. The summed E-state index contributed by atoms with van der Waals surface area (Å²) in [5, 5.41) is 23.2. The molecule has 2 heterocycles. The minimum absolute atomic E-state index is 0.0350. The topological polar surface area (TPSA) is 117 Å². The Balaban J connectivity index is 2.17. The third-order valence-corrected chi connectivity index (χ3v) is 3.97. The average Bonchev–Trinajstić information content (AvgIpc) is 2.33. The molecule has 98 valence electrons. The van der Waals surface area contributed by atoms with Crippen LogP contribution in [0.25, 0.3) is 0 Å². The summed E-state index contributed by atoms with van der Waals surface area (Å²) in [6.45, 7) is 1.88. The summed E-state index contributed by atoms with van der Waals surface area (Å²) in [5.41, 5.74) is 4.89. The number of carbonyl (C=O) groups is 1. The van der Waals surface area contributed by atoms with E-state index in [1.165, 1.54) is 0 Å². The van der Waals surface area contributed by atoms with Gasteiger partial charge in [0.1, 0.15) is 12.2 Å². The van der Waals surface area contributed by atoms with Gasteiger partial charge in [0.15, 0.2) is 17.6 Å². The Kier molecular flexibility index (Phi) is 2.21. The van der Waals surface area contributed by atoms with E-state index in [0.29, 0.717) is 12.0 Å². The summed E-state index contributed by atoms with van der Waals surface area (Å²) in [5.74, 6) is -0.729. The van der Waals surface area contributed by atoms with Crippen molar-refractivity contribution in [1.82, 2.24) is 5.32 Å². The molecule has 2 aliphatic heterocycles. The summed E-state index contributed by atoms with van der Waals surface area (Å²) < 4.78 is 5.08. The molecule has 1 aliphatic carbocycles. The smallest absolute Gasteiger partial charge is 0.338 e. The minimum atomic E-state index is -1.52. The molecular formula is C11H15N3O4. The van der Waals surface area contributed by atoms with Gasteiger partial charge in [-0.05, 0) is 17.9 Å². The van der Waals surface area contributed by atoms with Crippen molar-refractivity contribution < 1.29 is 19.7 Å². The summed E-state index contributed by atoms with van der Waals surface area (Å²) in [7, 11) is 0. The number of fused-ring (bicyclic) bond motifs is 1. The second kappa shape index (κ2) is 3.46. The standard InChI is InChI=1S/C11H15N3O4/c1-4-2-5-3-13-10(12)14-11(5)7(15)6(4)18-9(17)8(11)16/h3-4,6-8,15-16H,2H2,1H3,(H3,12,13,14)/t4-,6-,7-,8-,11-/m1/s1. The van der Waals surface area contributed by atoms with Gasteiger partial charge in [-0.1, -0.05) is 6.92 Å². The van der Waals surface area contributed by atoms with E-state index in [1.54, 1.807) is 6.20 Å².